The number of nitrogens with zero attached hydrogens (tertiary/aromatic N) is 1. The number of ether oxygens (including phenoxy) is 2. The molecule has 0 rings (SSSR count). The van der Waals surface area contributed by atoms with Crippen LogP contribution in [0.2, 0.25) is 0 Å². The highest BCUT2D eigenvalue weighted by atomic mass is 32.2. The lowest BCUT2D eigenvalue weighted by atomic mass is 10.6. The minimum Gasteiger partial charge on any atom is -0.383 e. The lowest BCUT2D eigenvalue weighted by Crippen LogP contribution is -2.23. The minimum atomic E-state index is 0.782. The van der Waals surface area contributed by atoms with Gasteiger partial charge in [0.15, 0.2) is 0 Å². The topological polar surface area (TPSA) is 21.7 Å². The van der Waals surface area contributed by atoms with E-state index >= 15 is 0 Å². The Labute approximate surface area is 73.2 Å². The zero-order valence-corrected chi connectivity index (χ0v) is 8.32. The van der Waals surface area contributed by atoms with Gasteiger partial charge in [-0.2, -0.15) is 0 Å². The van der Waals surface area contributed by atoms with Gasteiger partial charge in [0.25, 0.3) is 0 Å². The van der Waals surface area contributed by atoms with Gasteiger partial charge in [-0.15, -0.1) is 0 Å². The van der Waals surface area contributed by atoms with Gasteiger partial charge in [-0.3, -0.25) is 0 Å². The summed E-state index contributed by atoms with van der Waals surface area (Å²) in [7, 11) is 3.43. The van der Waals surface area contributed by atoms with Crippen LogP contribution in [0, 0.1) is 0 Å². The van der Waals surface area contributed by atoms with E-state index in [1.807, 2.05) is 0 Å². The second-order valence-electron chi connectivity index (χ2n) is 2.10. The fourth-order valence-electron chi connectivity index (χ4n) is 0.681. The third kappa shape index (κ3) is 6.62. The molecule has 68 valence electrons. The molecule has 4 heteroatoms. The standard InChI is InChI=1S/C7H17NO2S/c1-9-6-4-8(11-3)5-7-10-2/h4-7H2,1-3H3. The summed E-state index contributed by atoms with van der Waals surface area (Å²) in [4.78, 5) is 0. The van der Waals surface area contributed by atoms with Crippen LogP contribution in [0.25, 0.3) is 0 Å². The summed E-state index contributed by atoms with van der Waals surface area (Å²) < 4.78 is 12.1. The zero-order chi connectivity index (χ0) is 8.53. The number of rotatable bonds is 7. The Morgan fingerprint density at radius 3 is 1.82 bits per heavy atom. The van der Waals surface area contributed by atoms with Crippen molar-refractivity contribution in [2.24, 2.45) is 0 Å². The van der Waals surface area contributed by atoms with Crippen molar-refractivity contribution in [1.29, 1.82) is 0 Å². The van der Waals surface area contributed by atoms with Crippen LogP contribution >= 0.6 is 11.9 Å². The minimum absolute atomic E-state index is 0.782. The second kappa shape index (κ2) is 8.33. The Kier molecular flexibility index (Phi) is 8.50. The first-order chi connectivity index (χ1) is 5.35. The fraction of sp³-hybridized carbons (Fsp3) is 1.00. The normalized spacial score (nSPS) is 10.9. The summed E-state index contributed by atoms with van der Waals surface area (Å²) in [6.45, 7) is 3.48. The van der Waals surface area contributed by atoms with E-state index in [0.29, 0.717) is 0 Å². The van der Waals surface area contributed by atoms with Crippen molar-refractivity contribution in [3.63, 3.8) is 0 Å². The molecule has 0 amide bonds. The number of hydrogen-bond acceptors (Lipinski definition) is 4. The summed E-state index contributed by atoms with van der Waals surface area (Å²) >= 11 is 1.72. The SMILES string of the molecule is COCCN(CCOC)SC. The van der Waals surface area contributed by atoms with Crippen LogP contribution in [0.15, 0.2) is 0 Å². The highest BCUT2D eigenvalue weighted by molar-refractivity contribution is 7.96. The van der Waals surface area contributed by atoms with Crippen LogP contribution in [0.1, 0.15) is 0 Å². The predicted molar refractivity (Wildman–Crippen MR) is 48.8 cm³/mol. The molecule has 0 aromatic heterocycles. The molecule has 0 radical (unpaired) electrons. The average Bonchev–Trinajstić information content (AvgIpc) is 2.05. The summed E-state index contributed by atoms with van der Waals surface area (Å²) in [5, 5.41) is 0. The van der Waals surface area contributed by atoms with Crippen molar-refractivity contribution in [3.05, 3.63) is 0 Å². The van der Waals surface area contributed by atoms with Crippen LogP contribution in [0.4, 0.5) is 0 Å². The maximum Gasteiger partial charge on any atom is 0.0599 e. The molecule has 0 aliphatic rings. The van der Waals surface area contributed by atoms with Gasteiger partial charge in [0.2, 0.25) is 0 Å². The van der Waals surface area contributed by atoms with E-state index in [1.54, 1.807) is 26.2 Å². The Balaban J connectivity index is 3.25. The highest BCUT2D eigenvalue weighted by Crippen LogP contribution is 2.02. The molecule has 0 fully saturated rings. The van der Waals surface area contributed by atoms with E-state index in [0.717, 1.165) is 26.3 Å². The molecular formula is C7H17NO2S. The fourth-order valence-corrected chi connectivity index (χ4v) is 1.19. The van der Waals surface area contributed by atoms with E-state index in [2.05, 4.69) is 10.6 Å². The summed E-state index contributed by atoms with van der Waals surface area (Å²) in [6.07, 6.45) is 2.06. The summed E-state index contributed by atoms with van der Waals surface area (Å²) in [5.41, 5.74) is 0. The molecule has 0 aromatic rings. The Bertz CT molecular complexity index is 74.8. The Morgan fingerprint density at radius 2 is 1.55 bits per heavy atom. The zero-order valence-electron chi connectivity index (χ0n) is 7.50. The van der Waals surface area contributed by atoms with Crippen molar-refractivity contribution in [2.75, 3.05) is 46.8 Å². The highest BCUT2D eigenvalue weighted by Gasteiger charge is 2.00. The Morgan fingerprint density at radius 1 is 1.09 bits per heavy atom. The molecule has 0 spiro atoms. The monoisotopic (exact) mass is 179 g/mol. The third-order valence-corrected chi connectivity index (χ3v) is 2.23. The van der Waals surface area contributed by atoms with E-state index in [-0.39, 0.29) is 0 Å². The Hall–Kier alpha value is 0.230. The molecule has 0 saturated heterocycles. The number of methoxy groups -OCH3 is 2. The molecule has 0 heterocycles. The van der Waals surface area contributed by atoms with E-state index in [4.69, 9.17) is 9.47 Å². The smallest absolute Gasteiger partial charge is 0.0599 e. The molecule has 0 bridgehead atoms. The predicted octanol–water partition coefficient (Wildman–Crippen LogP) is 0.859. The van der Waals surface area contributed by atoms with Gasteiger partial charge in [0.05, 0.1) is 13.2 Å². The molecule has 0 aliphatic heterocycles. The first kappa shape index (κ1) is 11.2. The molecule has 0 aliphatic carbocycles. The molecule has 0 atom stereocenters. The molecule has 0 saturated carbocycles. The van der Waals surface area contributed by atoms with E-state index < -0.39 is 0 Å². The van der Waals surface area contributed by atoms with Crippen LogP contribution in [0.5, 0.6) is 0 Å². The molecular weight excluding hydrogens is 162 g/mol. The number of hydrogen-bond donors (Lipinski definition) is 0. The van der Waals surface area contributed by atoms with Gasteiger partial charge in [0, 0.05) is 27.3 Å². The van der Waals surface area contributed by atoms with Crippen molar-refractivity contribution in [3.8, 4) is 0 Å². The lowest BCUT2D eigenvalue weighted by Gasteiger charge is -2.17. The van der Waals surface area contributed by atoms with Crippen LogP contribution < -0.4 is 0 Å². The van der Waals surface area contributed by atoms with Gasteiger partial charge in [-0.05, 0) is 6.26 Å². The van der Waals surface area contributed by atoms with Crippen LogP contribution in [-0.4, -0.2) is 51.1 Å². The van der Waals surface area contributed by atoms with E-state index in [1.165, 1.54) is 0 Å². The quantitative estimate of drug-likeness (QED) is 0.540. The van der Waals surface area contributed by atoms with Crippen molar-refractivity contribution in [1.82, 2.24) is 4.31 Å². The van der Waals surface area contributed by atoms with Gasteiger partial charge >= 0.3 is 0 Å². The maximum absolute atomic E-state index is 4.96. The van der Waals surface area contributed by atoms with Crippen molar-refractivity contribution < 1.29 is 9.47 Å². The molecule has 3 nitrogen and oxygen atoms in total. The van der Waals surface area contributed by atoms with Gasteiger partial charge in [-0.25, -0.2) is 4.31 Å². The molecule has 0 N–H and O–H groups in total. The summed E-state index contributed by atoms with van der Waals surface area (Å²) in [5.74, 6) is 0. The van der Waals surface area contributed by atoms with Crippen LogP contribution in [-0.2, 0) is 9.47 Å². The van der Waals surface area contributed by atoms with Crippen LogP contribution in [0.3, 0.4) is 0 Å². The van der Waals surface area contributed by atoms with Gasteiger partial charge in [-0.1, -0.05) is 11.9 Å². The first-order valence-electron chi connectivity index (χ1n) is 3.62. The van der Waals surface area contributed by atoms with E-state index in [9.17, 15) is 0 Å². The third-order valence-electron chi connectivity index (χ3n) is 1.35. The van der Waals surface area contributed by atoms with Crippen molar-refractivity contribution in [2.45, 2.75) is 0 Å². The average molecular weight is 179 g/mol. The largest absolute Gasteiger partial charge is 0.383 e. The van der Waals surface area contributed by atoms with Crippen molar-refractivity contribution >= 4 is 11.9 Å². The summed E-state index contributed by atoms with van der Waals surface area (Å²) in [6, 6.07) is 0. The molecule has 11 heavy (non-hydrogen) atoms. The van der Waals surface area contributed by atoms with Gasteiger partial charge in [0.1, 0.15) is 0 Å². The molecule has 0 aromatic carbocycles. The molecule has 0 unspecified atom stereocenters. The second-order valence-corrected chi connectivity index (χ2v) is 2.98. The van der Waals surface area contributed by atoms with Gasteiger partial charge < -0.3 is 9.47 Å². The first-order valence-corrected chi connectivity index (χ1v) is 4.80. The lowest BCUT2D eigenvalue weighted by molar-refractivity contribution is 0.155. The maximum atomic E-state index is 4.96.